The van der Waals surface area contributed by atoms with E-state index in [1.165, 1.54) is 25.7 Å². The minimum atomic E-state index is 0.715. The summed E-state index contributed by atoms with van der Waals surface area (Å²) in [7, 11) is 0. The summed E-state index contributed by atoms with van der Waals surface area (Å²) in [4.78, 5) is 8.56. The van der Waals surface area contributed by atoms with Crippen LogP contribution in [0.3, 0.4) is 0 Å². The van der Waals surface area contributed by atoms with Crippen LogP contribution >= 0.6 is 0 Å². The molecule has 0 saturated heterocycles. The standard InChI is InChI=1S/C14H23N3O/c1-3-12-13(15-4-2)16-10-17-14(12)18-9-11-7-5-6-8-11/h10-11H,3-9H2,1-2H3,(H,15,16,17). The second kappa shape index (κ2) is 6.57. The van der Waals surface area contributed by atoms with Crippen LogP contribution in [0, 0.1) is 5.92 Å². The van der Waals surface area contributed by atoms with E-state index in [0.717, 1.165) is 36.8 Å². The van der Waals surface area contributed by atoms with Crippen molar-refractivity contribution < 1.29 is 4.74 Å². The smallest absolute Gasteiger partial charge is 0.221 e. The highest BCUT2D eigenvalue weighted by Crippen LogP contribution is 2.27. The van der Waals surface area contributed by atoms with Crippen LogP contribution in [0.5, 0.6) is 5.88 Å². The molecule has 0 atom stereocenters. The van der Waals surface area contributed by atoms with Gasteiger partial charge in [-0.05, 0) is 32.1 Å². The second-order valence-electron chi connectivity index (χ2n) is 4.85. The lowest BCUT2D eigenvalue weighted by Crippen LogP contribution is -2.12. The summed E-state index contributed by atoms with van der Waals surface area (Å²) in [5.74, 6) is 2.39. The third kappa shape index (κ3) is 3.12. The fourth-order valence-corrected chi connectivity index (χ4v) is 2.53. The molecular weight excluding hydrogens is 226 g/mol. The highest BCUT2D eigenvalue weighted by atomic mass is 16.5. The Kier molecular flexibility index (Phi) is 4.79. The van der Waals surface area contributed by atoms with Crippen LogP contribution in [0.2, 0.25) is 0 Å². The Morgan fingerprint density at radius 3 is 2.72 bits per heavy atom. The minimum Gasteiger partial charge on any atom is -0.477 e. The molecule has 0 amide bonds. The van der Waals surface area contributed by atoms with E-state index < -0.39 is 0 Å². The number of nitrogens with one attached hydrogen (secondary N) is 1. The summed E-state index contributed by atoms with van der Waals surface area (Å²) in [6.45, 7) is 5.85. The van der Waals surface area contributed by atoms with Gasteiger partial charge in [0.05, 0.1) is 12.2 Å². The molecule has 0 radical (unpaired) electrons. The van der Waals surface area contributed by atoms with Gasteiger partial charge in [-0.2, -0.15) is 0 Å². The van der Waals surface area contributed by atoms with E-state index in [9.17, 15) is 0 Å². The molecule has 0 unspecified atom stereocenters. The van der Waals surface area contributed by atoms with E-state index in [1.54, 1.807) is 6.33 Å². The van der Waals surface area contributed by atoms with Gasteiger partial charge in [0.15, 0.2) is 0 Å². The lowest BCUT2D eigenvalue weighted by molar-refractivity contribution is 0.241. The van der Waals surface area contributed by atoms with E-state index in [1.807, 2.05) is 0 Å². The van der Waals surface area contributed by atoms with E-state index in [4.69, 9.17) is 4.74 Å². The van der Waals surface area contributed by atoms with Gasteiger partial charge in [0.1, 0.15) is 12.1 Å². The maximum absolute atomic E-state index is 5.91. The highest BCUT2D eigenvalue weighted by molar-refractivity contribution is 5.48. The number of ether oxygens (including phenoxy) is 1. The Morgan fingerprint density at radius 1 is 1.28 bits per heavy atom. The van der Waals surface area contributed by atoms with Gasteiger partial charge in [-0.3, -0.25) is 0 Å². The van der Waals surface area contributed by atoms with Crippen LogP contribution in [0.15, 0.2) is 6.33 Å². The minimum absolute atomic E-state index is 0.715. The third-order valence-electron chi connectivity index (χ3n) is 3.53. The van der Waals surface area contributed by atoms with Crippen LogP contribution in [0.1, 0.15) is 45.1 Å². The predicted octanol–water partition coefficient (Wildman–Crippen LogP) is 3.04. The Balaban J connectivity index is 2.03. The van der Waals surface area contributed by atoms with E-state index in [-0.39, 0.29) is 0 Å². The summed E-state index contributed by atoms with van der Waals surface area (Å²) >= 11 is 0. The molecule has 0 spiro atoms. The highest BCUT2D eigenvalue weighted by Gasteiger charge is 2.17. The zero-order valence-electron chi connectivity index (χ0n) is 11.4. The third-order valence-corrected chi connectivity index (χ3v) is 3.53. The van der Waals surface area contributed by atoms with Crippen LogP contribution < -0.4 is 10.1 Å². The first-order valence-corrected chi connectivity index (χ1v) is 7.05. The van der Waals surface area contributed by atoms with Crippen molar-refractivity contribution in [1.29, 1.82) is 0 Å². The number of hydrogen-bond donors (Lipinski definition) is 1. The molecule has 1 saturated carbocycles. The van der Waals surface area contributed by atoms with E-state index >= 15 is 0 Å². The molecule has 1 heterocycles. The topological polar surface area (TPSA) is 47.0 Å². The normalized spacial score (nSPS) is 15.9. The molecule has 0 aliphatic heterocycles. The number of hydrogen-bond acceptors (Lipinski definition) is 4. The maximum Gasteiger partial charge on any atom is 0.221 e. The first-order valence-electron chi connectivity index (χ1n) is 7.05. The fourth-order valence-electron chi connectivity index (χ4n) is 2.53. The van der Waals surface area contributed by atoms with Gasteiger partial charge >= 0.3 is 0 Å². The monoisotopic (exact) mass is 249 g/mol. The van der Waals surface area contributed by atoms with Gasteiger partial charge in [0.25, 0.3) is 0 Å². The molecule has 4 nitrogen and oxygen atoms in total. The summed E-state index contributed by atoms with van der Waals surface area (Å²) < 4.78 is 5.91. The Labute approximate surface area is 109 Å². The van der Waals surface area contributed by atoms with Crippen LogP contribution in [0.25, 0.3) is 0 Å². The summed E-state index contributed by atoms with van der Waals surface area (Å²) in [6.07, 6.45) is 7.77. The first-order chi connectivity index (χ1) is 8.85. The molecule has 4 heteroatoms. The molecule has 1 fully saturated rings. The van der Waals surface area contributed by atoms with Crippen molar-refractivity contribution in [3.8, 4) is 5.88 Å². The first kappa shape index (κ1) is 13.1. The van der Waals surface area contributed by atoms with Crippen molar-refractivity contribution in [1.82, 2.24) is 9.97 Å². The molecule has 1 aromatic rings. The number of aromatic nitrogens is 2. The number of anilines is 1. The molecule has 18 heavy (non-hydrogen) atoms. The Hall–Kier alpha value is -1.32. The van der Waals surface area contributed by atoms with Crippen molar-refractivity contribution in [2.24, 2.45) is 5.92 Å². The van der Waals surface area contributed by atoms with Crippen molar-refractivity contribution >= 4 is 5.82 Å². The Bertz CT molecular complexity index is 375. The number of rotatable bonds is 6. The van der Waals surface area contributed by atoms with Gasteiger partial charge in [0.2, 0.25) is 5.88 Å². The zero-order chi connectivity index (χ0) is 12.8. The average Bonchev–Trinajstić information content (AvgIpc) is 2.90. The second-order valence-corrected chi connectivity index (χ2v) is 4.85. The molecular formula is C14H23N3O. The lowest BCUT2D eigenvalue weighted by Gasteiger charge is -2.15. The summed E-state index contributed by atoms with van der Waals surface area (Å²) in [5.41, 5.74) is 1.09. The molecule has 0 aromatic carbocycles. The van der Waals surface area contributed by atoms with Gasteiger partial charge < -0.3 is 10.1 Å². The molecule has 1 N–H and O–H groups in total. The quantitative estimate of drug-likeness (QED) is 0.841. The van der Waals surface area contributed by atoms with Crippen LogP contribution in [-0.2, 0) is 6.42 Å². The maximum atomic E-state index is 5.91. The number of nitrogens with zero attached hydrogens (tertiary/aromatic N) is 2. The molecule has 1 aliphatic carbocycles. The van der Waals surface area contributed by atoms with Gasteiger partial charge in [-0.25, -0.2) is 9.97 Å². The lowest BCUT2D eigenvalue weighted by atomic mass is 10.1. The SMILES string of the molecule is CCNc1ncnc(OCC2CCCC2)c1CC. The average molecular weight is 249 g/mol. The van der Waals surface area contributed by atoms with E-state index in [0.29, 0.717) is 5.92 Å². The van der Waals surface area contributed by atoms with Crippen LogP contribution in [0.4, 0.5) is 5.82 Å². The summed E-state index contributed by atoms with van der Waals surface area (Å²) in [5, 5.41) is 3.26. The molecule has 2 rings (SSSR count). The molecule has 100 valence electrons. The largest absolute Gasteiger partial charge is 0.477 e. The van der Waals surface area contributed by atoms with Crippen LogP contribution in [-0.4, -0.2) is 23.1 Å². The summed E-state index contributed by atoms with van der Waals surface area (Å²) in [6, 6.07) is 0. The van der Waals surface area contributed by atoms with Gasteiger partial charge in [-0.1, -0.05) is 19.8 Å². The van der Waals surface area contributed by atoms with Crippen molar-refractivity contribution in [3.63, 3.8) is 0 Å². The fraction of sp³-hybridized carbons (Fsp3) is 0.714. The Morgan fingerprint density at radius 2 is 2.06 bits per heavy atom. The molecule has 1 aliphatic rings. The predicted molar refractivity (Wildman–Crippen MR) is 73.0 cm³/mol. The van der Waals surface area contributed by atoms with Crippen molar-refractivity contribution in [2.75, 3.05) is 18.5 Å². The zero-order valence-corrected chi connectivity index (χ0v) is 11.4. The molecule has 0 bridgehead atoms. The van der Waals surface area contributed by atoms with Crippen molar-refractivity contribution in [3.05, 3.63) is 11.9 Å². The van der Waals surface area contributed by atoms with Gasteiger partial charge in [-0.15, -0.1) is 0 Å². The molecule has 1 aromatic heterocycles. The van der Waals surface area contributed by atoms with E-state index in [2.05, 4.69) is 29.1 Å². The van der Waals surface area contributed by atoms with Crippen molar-refractivity contribution in [2.45, 2.75) is 46.0 Å². The van der Waals surface area contributed by atoms with Gasteiger partial charge in [0, 0.05) is 6.54 Å².